The fourth-order valence-corrected chi connectivity index (χ4v) is 3.74. The minimum absolute atomic E-state index is 0.113. The Morgan fingerprint density at radius 2 is 2.13 bits per heavy atom. The Bertz CT molecular complexity index is 1120. The Kier molecular flexibility index (Phi) is 5.92. The molecule has 1 unspecified atom stereocenters. The first-order valence-corrected chi connectivity index (χ1v) is 9.67. The number of amides is 1. The molecule has 1 aromatic carbocycles. The number of benzene rings is 1. The van der Waals surface area contributed by atoms with Crippen molar-refractivity contribution >= 4 is 17.1 Å². The Labute approximate surface area is 175 Å². The van der Waals surface area contributed by atoms with Gasteiger partial charge in [-0.3, -0.25) is 0 Å². The van der Waals surface area contributed by atoms with Gasteiger partial charge in [0.05, 0.1) is 16.8 Å². The van der Waals surface area contributed by atoms with Gasteiger partial charge in [0.25, 0.3) is 0 Å². The number of nitrogens with one attached hydrogen (secondary N) is 1. The van der Waals surface area contributed by atoms with Gasteiger partial charge in [0.1, 0.15) is 30.4 Å². The monoisotopic (exact) mass is 407 g/mol. The normalized spacial score (nSPS) is 13.1. The summed E-state index contributed by atoms with van der Waals surface area (Å²) in [5, 5.41) is 22.3. The third-order valence-electron chi connectivity index (χ3n) is 4.85. The number of hydrogen-bond donors (Lipinski definition) is 2. The zero-order valence-electron chi connectivity index (χ0n) is 17.5. The molecule has 0 bridgehead atoms. The molecule has 1 atom stereocenters. The highest BCUT2D eigenvalue weighted by Crippen LogP contribution is 2.30. The fraction of sp³-hybridized carbons (Fsp3) is 0.364. The first-order valence-electron chi connectivity index (χ1n) is 9.67. The highest BCUT2D eigenvalue weighted by molar-refractivity contribution is 5.91. The first-order chi connectivity index (χ1) is 14.2. The predicted molar refractivity (Wildman–Crippen MR) is 113 cm³/mol. The van der Waals surface area contributed by atoms with Crippen molar-refractivity contribution in [2.75, 3.05) is 6.61 Å². The van der Waals surface area contributed by atoms with Crippen LogP contribution >= 0.6 is 0 Å². The first kappa shape index (κ1) is 21.1. The topological polar surface area (TPSA) is 113 Å². The van der Waals surface area contributed by atoms with Crippen LogP contribution in [0.2, 0.25) is 0 Å². The molecule has 1 amide bonds. The van der Waals surface area contributed by atoms with Crippen molar-refractivity contribution in [1.29, 1.82) is 5.26 Å². The third kappa shape index (κ3) is 4.51. The van der Waals surface area contributed by atoms with Gasteiger partial charge in [0.2, 0.25) is 0 Å². The van der Waals surface area contributed by atoms with Crippen LogP contribution in [0, 0.1) is 17.2 Å². The van der Waals surface area contributed by atoms with Crippen LogP contribution in [0.25, 0.3) is 22.3 Å². The number of carbonyl (C=O) groups is 1. The van der Waals surface area contributed by atoms with Gasteiger partial charge in [-0.05, 0) is 43.5 Å². The van der Waals surface area contributed by atoms with Gasteiger partial charge in [-0.25, -0.2) is 14.8 Å². The van der Waals surface area contributed by atoms with E-state index in [-0.39, 0.29) is 12.5 Å². The van der Waals surface area contributed by atoms with Gasteiger partial charge >= 0.3 is 6.09 Å². The smallest absolute Gasteiger partial charge is 0.405 e. The van der Waals surface area contributed by atoms with Crippen LogP contribution in [0.3, 0.4) is 0 Å². The average Bonchev–Trinajstić information content (AvgIpc) is 3.06. The number of carboxylic acid groups (broad SMARTS) is 1. The molecule has 8 nitrogen and oxygen atoms in total. The number of nitrogens with zero attached hydrogens (tertiary/aromatic N) is 4. The second-order valence-corrected chi connectivity index (χ2v) is 8.09. The molecule has 30 heavy (non-hydrogen) atoms. The quantitative estimate of drug-likeness (QED) is 0.613. The SMILES string of the molecule is CC(C)CC(C)(COc1ccc(-c2ncnc3c2ccn3C)cc1C#N)NC(=O)O. The lowest BCUT2D eigenvalue weighted by molar-refractivity contribution is 0.143. The molecule has 0 fully saturated rings. The zero-order valence-corrected chi connectivity index (χ0v) is 17.5. The van der Waals surface area contributed by atoms with E-state index in [9.17, 15) is 15.2 Å². The summed E-state index contributed by atoms with van der Waals surface area (Å²) in [4.78, 5) is 19.9. The summed E-state index contributed by atoms with van der Waals surface area (Å²) in [6, 6.07) is 9.40. The van der Waals surface area contributed by atoms with Gasteiger partial charge in [0, 0.05) is 24.2 Å². The summed E-state index contributed by atoms with van der Waals surface area (Å²) in [5.74, 6) is 0.677. The third-order valence-corrected chi connectivity index (χ3v) is 4.85. The van der Waals surface area contributed by atoms with E-state index < -0.39 is 11.6 Å². The van der Waals surface area contributed by atoms with Crippen molar-refractivity contribution in [1.82, 2.24) is 19.9 Å². The molecule has 0 spiro atoms. The number of ether oxygens (including phenoxy) is 1. The van der Waals surface area contributed by atoms with E-state index in [1.165, 1.54) is 6.33 Å². The van der Waals surface area contributed by atoms with Crippen molar-refractivity contribution in [2.45, 2.75) is 32.7 Å². The maximum atomic E-state index is 11.2. The number of aryl methyl sites for hydroxylation is 1. The molecular weight excluding hydrogens is 382 g/mol. The van der Waals surface area contributed by atoms with Crippen LogP contribution in [0.4, 0.5) is 4.79 Å². The molecule has 0 aliphatic heterocycles. The standard InChI is InChI=1S/C22H25N5O3/c1-14(2)10-22(3,26-21(28)29)12-30-18-6-5-15(9-16(18)11-23)19-17-7-8-27(4)20(17)25-13-24-19/h5-9,13-14,26H,10,12H2,1-4H3,(H,28,29). The molecular formula is C22H25N5O3. The Morgan fingerprint density at radius 3 is 2.80 bits per heavy atom. The number of fused-ring (bicyclic) bond motifs is 1. The second kappa shape index (κ2) is 8.41. The zero-order chi connectivity index (χ0) is 21.9. The lowest BCUT2D eigenvalue weighted by atomic mass is 9.91. The Balaban J connectivity index is 1.89. The largest absolute Gasteiger partial charge is 0.490 e. The highest BCUT2D eigenvalue weighted by Gasteiger charge is 2.29. The number of rotatable bonds is 7. The van der Waals surface area contributed by atoms with E-state index >= 15 is 0 Å². The lowest BCUT2D eigenvalue weighted by Gasteiger charge is -2.31. The molecule has 0 saturated carbocycles. The second-order valence-electron chi connectivity index (χ2n) is 8.09. The van der Waals surface area contributed by atoms with E-state index in [1.54, 1.807) is 19.1 Å². The number of nitriles is 1. The van der Waals surface area contributed by atoms with Crippen molar-refractivity contribution in [3.05, 3.63) is 42.4 Å². The molecule has 0 radical (unpaired) electrons. The Morgan fingerprint density at radius 1 is 1.37 bits per heavy atom. The minimum atomic E-state index is -1.10. The molecule has 3 aromatic rings. The van der Waals surface area contributed by atoms with E-state index in [2.05, 4.69) is 21.4 Å². The van der Waals surface area contributed by atoms with Crippen molar-refractivity contribution < 1.29 is 14.6 Å². The maximum Gasteiger partial charge on any atom is 0.405 e. The van der Waals surface area contributed by atoms with Crippen molar-refractivity contribution in [3.63, 3.8) is 0 Å². The molecule has 0 aliphatic carbocycles. The predicted octanol–water partition coefficient (Wildman–Crippen LogP) is 3.96. The molecule has 2 N–H and O–H groups in total. The highest BCUT2D eigenvalue weighted by atomic mass is 16.5. The molecule has 0 saturated heterocycles. The molecule has 2 aromatic heterocycles. The molecule has 3 rings (SSSR count). The Hall–Kier alpha value is -3.60. The van der Waals surface area contributed by atoms with Crippen molar-refractivity contribution in [3.8, 4) is 23.1 Å². The summed E-state index contributed by atoms with van der Waals surface area (Å²) in [6.45, 7) is 5.95. The number of aromatic nitrogens is 3. The van der Waals surface area contributed by atoms with Gasteiger partial charge in [-0.2, -0.15) is 5.26 Å². The average molecular weight is 407 g/mol. The molecule has 156 valence electrons. The summed E-state index contributed by atoms with van der Waals surface area (Å²) in [7, 11) is 1.91. The van der Waals surface area contributed by atoms with E-state index in [4.69, 9.17) is 4.74 Å². The maximum absolute atomic E-state index is 11.2. The van der Waals surface area contributed by atoms with Crippen molar-refractivity contribution in [2.24, 2.45) is 13.0 Å². The molecule has 8 heteroatoms. The number of hydrogen-bond acceptors (Lipinski definition) is 5. The van der Waals surface area contributed by atoms with Crippen LogP contribution < -0.4 is 10.1 Å². The summed E-state index contributed by atoms with van der Waals surface area (Å²) in [6.07, 6.45) is 2.92. The lowest BCUT2D eigenvalue weighted by Crippen LogP contribution is -2.50. The van der Waals surface area contributed by atoms with Gasteiger partial charge < -0.3 is 19.7 Å². The van der Waals surface area contributed by atoms with E-state index in [0.29, 0.717) is 17.7 Å². The van der Waals surface area contributed by atoms with Gasteiger partial charge in [-0.1, -0.05) is 13.8 Å². The fourth-order valence-electron chi connectivity index (χ4n) is 3.74. The molecule has 2 heterocycles. The van der Waals surface area contributed by atoms with Crippen LogP contribution in [-0.4, -0.2) is 37.9 Å². The van der Waals surface area contributed by atoms with Crippen LogP contribution in [-0.2, 0) is 7.05 Å². The molecule has 0 aliphatic rings. The minimum Gasteiger partial charge on any atom is -0.490 e. The van der Waals surface area contributed by atoms with E-state index in [1.807, 2.05) is 43.8 Å². The summed E-state index contributed by atoms with van der Waals surface area (Å²) in [5.41, 5.74) is 1.92. The van der Waals surface area contributed by atoms with Gasteiger partial charge in [-0.15, -0.1) is 0 Å². The van der Waals surface area contributed by atoms with Crippen LogP contribution in [0.15, 0.2) is 36.8 Å². The van der Waals surface area contributed by atoms with Crippen LogP contribution in [0.1, 0.15) is 32.8 Å². The summed E-state index contributed by atoms with van der Waals surface area (Å²) >= 11 is 0. The van der Waals surface area contributed by atoms with Crippen LogP contribution in [0.5, 0.6) is 5.75 Å². The van der Waals surface area contributed by atoms with E-state index in [0.717, 1.165) is 22.3 Å². The van der Waals surface area contributed by atoms with Gasteiger partial charge in [0.15, 0.2) is 0 Å². The summed E-state index contributed by atoms with van der Waals surface area (Å²) < 4.78 is 7.80.